The molecule has 1 amide bonds. The van der Waals surface area contributed by atoms with Crippen LogP contribution in [-0.4, -0.2) is 22.3 Å². The van der Waals surface area contributed by atoms with Gasteiger partial charge < -0.3 is 14.8 Å². The molecule has 4 aromatic rings. The van der Waals surface area contributed by atoms with E-state index in [9.17, 15) is 4.79 Å². The van der Waals surface area contributed by atoms with Gasteiger partial charge in [-0.1, -0.05) is 18.2 Å². The number of para-hydroxylation sites is 2. The summed E-state index contributed by atoms with van der Waals surface area (Å²) in [6.45, 7) is 0.230. The summed E-state index contributed by atoms with van der Waals surface area (Å²) in [5.74, 6) is 1.20. The van der Waals surface area contributed by atoms with Gasteiger partial charge in [-0.2, -0.15) is 0 Å². The Morgan fingerprint density at radius 1 is 1.00 bits per heavy atom. The van der Waals surface area contributed by atoms with Gasteiger partial charge in [0.25, 0.3) is 0 Å². The van der Waals surface area contributed by atoms with E-state index in [4.69, 9.17) is 9.47 Å². The van der Waals surface area contributed by atoms with Crippen LogP contribution >= 0.6 is 0 Å². The van der Waals surface area contributed by atoms with Crippen LogP contribution in [0, 0.1) is 0 Å². The van der Waals surface area contributed by atoms with E-state index >= 15 is 0 Å². The summed E-state index contributed by atoms with van der Waals surface area (Å²) in [6, 6.07) is 21.2. The van der Waals surface area contributed by atoms with Crippen LogP contribution in [0.4, 0.5) is 5.69 Å². The fourth-order valence-electron chi connectivity index (χ4n) is 3.24. The van der Waals surface area contributed by atoms with Crippen molar-refractivity contribution >= 4 is 28.7 Å². The number of carbonyl (C=O) groups excluding carboxylic acids is 1. The number of nitrogens with zero attached hydrogens (tertiary/aromatic N) is 2. The standard InChI is InChI=1S/C23H17N3O3/c27-23(12-6-16-5-11-21-22(13-16)29-15-28-21)25-17-7-9-18(10-8-17)26-14-24-19-3-1-2-4-20(19)26/h1-14H,15H2,(H,25,27). The molecule has 0 fully saturated rings. The first-order chi connectivity index (χ1) is 14.3. The Labute approximate surface area is 167 Å². The number of benzene rings is 3. The summed E-state index contributed by atoms with van der Waals surface area (Å²) in [5, 5.41) is 2.87. The van der Waals surface area contributed by atoms with Gasteiger partial charge in [0, 0.05) is 17.5 Å². The zero-order chi connectivity index (χ0) is 19.6. The molecule has 1 aromatic heterocycles. The van der Waals surface area contributed by atoms with E-state index in [1.54, 1.807) is 12.4 Å². The van der Waals surface area contributed by atoms with Crippen molar-refractivity contribution < 1.29 is 14.3 Å². The van der Waals surface area contributed by atoms with Gasteiger partial charge >= 0.3 is 0 Å². The first kappa shape index (κ1) is 17.1. The molecule has 6 nitrogen and oxygen atoms in total. The molecule has 1 aliphatic heterocycles. The van der Waals surface area contributed by atoms with E-state index in [0.717, 1.165) is 33.7 Å². The highest BCUT2D eigenvalue weighted by atomic mass is 16.7. The van der Waals surface area contributed by atoms with E-state index < -0.39 is 0 Å². The van der Waals surface area contributed by atoms with Gasteiger partial charge in [0.15, 0.2) is 11.5 Å². The van der Waals surface area contributed by atoms with Crippen molar-refractivity contribution in [1.29, 1.82) is 0 Å². The number of hydrogen-bond donors (Lipinski definition) is 1. The largest absolute Gasteiger partial charge is 0.454 e. The molecule has 0 atom stereocenters. The van der Waals surface area contributed by atoms with Crippen LogP contribution in [0.15, 0.2) is 79.1 Å². The minimum Gasteiger partial charge on any atom is -0.454 e. The van der Waals surface area contributed by atoms with E-state index in [2.05, 4.69) is 10.3 Å². The maximum absolute atomic E-state index is 12.2. The fraction of sp³-hybridized carbons (Fsp3) is 0.0435. The Kier molecular flexibility index (Phi) is 4.22. The number of hydrogen-bond acceptors (Lipinski definition) is 4. The van der Waals surface area contributed by atoms with E-state index in [-0.39, 0.29) is 12.7 Å². The monoisotopic (exact) mass is 383 g/mol. The molecular weight excluding hydrogens is 366 g/mol. The van der Waals surface area contributed by atoms with Crippen LogP contribution in [0.5, 0.6) is 11.5 Å². The van der Waals surface area contributed by atoms with Gasteiger partial charge in [-0.25, -0.2) is 4.98 Å². The molecule has 29 heavy (non-hydrogen) atoms. The number of fused-ring (bicyclic) bond motifs is 2. The van der Waals surface area contributed by atoms with Gasteiger partial charge in [-0.3, -0.25) is 9.36 Å². The van der Waals surface area contributed by atoms with Crippen molar-refractivity contribution in [2.45, 2.75) is 0 Å². The number of nitrogens with one attached hydrogen (secondary N) is 1. The lowest BCUT2D eigenvalue weighted by molar-refractivity contribution is -0.111. The van der Waals surface area contributed by atoms with Crippen LogP contribution in [0.2, 0.25) is 0 Å². The minimum atomic E-state index is -0.205. The fourth-order valence-corrected chi connectivity index (χ4v) is 3.24. The van der Waals surface area contributed by atoms with Crippen molar-refractivity contribution in [3.05, 3.63) is 84.7 Å². The normalized spacial score (nSPS) is 12.6. The number of aromatic nitrogens is 2. The summed E-state index contributed by atoms with van der Waals surface area (Å²) >= 11 is 0. The first-order valence-corrected chi connectivity index (χ1v) is 9.17. The second kappa shape index (κ2) is 7.16. The summed E-state index contributed by atoms with van der Waals surface area (Å²) in [4.78, 5) is 16.6. The summed E-state index contributed by atoms with van der Waals surface area (Å²) < 4.78 is 12.6. The first-order valence-electron chi connectivity index (χ1n) is 9.17. The number of amides is 1. The van der Waals surface area contributed by atoms with Gasteiger partial charge in [0.2, 0.25) is 12.7 Å². The van der Waals surface area contributed by atoms with E-state index in [0.29, 0.717) is 5.75 Å². The second-order valence-corrected chi connectivity index (χ2v) is 6.59. The number of imidazole rings is 1. The lowest BCUT2D eigenvalue weighted by Crippen LogP contribution is -2.07. The second-order valence-electron chi connectivity index (χ2n) is 6.59. The molecule has 1 aliphatic rings. The topological polar surface area (TPSA) is 65.4 Å². The molecular formula is C23H17N3O3. The minimum absolute atomic E-state index is 0.205. The molecule has 0 saturated carbocycles. The summed E-state index contributed by atoms with van der Waals surface area (Å²) in [6.07, 6.45) is 5.03. The molecule has 0 saturated heterocycles. The van der Waals surface area contributed by atoms with Crippen molar-refractivity contribution in [1.82, 2.24) is 9.55 Å². The molecule has 0 bridgehead atoms. The van der Waals surface area contributed by atoms with E-state index in [1.165, 1.54) is 6.08 Å². The molecule has 0 unspecified atom stereocenters. The lowest BCUT2D eigenvalue weighted by atomic mass is 10.2. The highest BCUT2D eigenvalue weighted by Crippen LogP contribution is 2.32. The third kappa shape index (κ3) is 3.43. The Bertz CT molecular complexity index is 1230. The predicted molar refractivity (Wildman–Crippen MR) is 111 cm³/mol. The molecule has 142 valence electrons. The number of anilines is 1. The van der Waals surface area contributed by atoms with E-state index in [1.807, 2.05) is 71.3 Å². The smallest absolute Gasteiger partial charge is 0.248 e. The highest BCUT2D eigenvalue weighted by molar-refractivity contribution is 6.02. The van der Waals surface area contributed by atoms with Crippen LogP contribution < -0.4 is 14.8 Å². The van der Waals surface area contributed by atoms with Gasteiger partial charge in [0.1, 0.15) is 6.33 Å². The van der Waals surface area contributed by atoms with Gasteiger partial charge in [0.05, 0.1) is 11.0 Å². The molecule has 0 spiro atoms. The molecule has 5 rings (SSSR count). The molecule has 2 heterocycles. The van der Waals surface area contributed by atoms with Crippen molar-refractivity contribution in [3.63, 3.8) is 0 Å². The average molecular weight is 383 g/mol. The van der Waals surface area contributed by atoms with Crippen LogP contribution in [0.25, 0.3) is 22.8 Å². The predicted octanol–water partition coefficient (Wildman–Crippen LogP) is 4.41. The van der Waals surface area contributed by atoms with Crippen LogP contribution in [0.3, 0.4) is 0 Å². The third-order valence-corrected chi connectivity index (χ3v) is 4.69. The molecule has 1 N–H and O–H groups in total. The quantitative estimate of drug-likeness (QED) is 0.530. The zero-order valence-corrected chi connectivity index (χ0v) is 15.4. The van der Waals surface area contributed by atoms with Crippen molar-refractivity contribution in [2.75, 3.05) is 12.1 Å². The number of rotatable bonds is 4. The Balaban J connectivity index is 1.28. The zero-order valence-electron chi connectivity index (χ0n) is 15.4. The average Bonchev–Trinajstić information content (AvgIpc) is 3.39. The number of carbonyl (C=O) groups is 1. The third-order valence-electron chi connectivity index (χ3n) is 4.69. The SMILES string of the molecule is O=C(C=Cc1ccc2c(c1)OCO2)Nc1ccc(-n2cnc3ccccc32)cc1. The summed E-state index contributed by atoms with van der Waals surface area (Å²) in [7, 11) is 0. The van der Waals surface area contributed by atoms with Crippen LogP contribution in [0.1, 0.15) is 5.56 Å². The van der Waals surface area contributed by atoms with Gasteiger partial charge in [-0.05, 0) is 60.2 Å². The summed E-state index contributed by atoms with van der Waals surface area (Å²) in [5.41, 5.74) is 4.55. The Morgan fingerprint density at radius 3 is 2.72 bits per heavy atom. The maximum atomic E-state index is 12.2. The molecule has 6 heteroatoms. The number of ether oxygens (including phenoxy) is 2. The van der Waals surface area contributed by atoms with Crippen LogP contribution in [-0.2, 0) is 4.79 Å². The highest BCUT2D eigenvalue weighted by Gasteiger charge is 2.12. The van der Waals surface area contributed by atoms with Crippen molar-refractivity contribution in [3.8, 4) is 17.2 Å². The molecule has 0 aliphatic carbocycles. The molecule has 0 radical (unpaired) electrons. The van der Waals surface area contributed by atoms with Crippen molar-refractivity contribution in [2.24, 2.45) is 0 Å². The lowest BCUT2D eigenvalue weighted by Gasteiger charge is -2.07. The van der Waals surface area contributed by atoms with Gasteiger partial charge in [-0.15, -0.1) is 0 Å². The Morgan fingerprint density at radius 2 is 1.83 bits per heavy atom. The Hall–Kier alpha value is -4.06. The maximum Gasteiger partial charge on any atom is 0.248 e. The molecule has 3 aromatic carbocycles.